The normalized spacial score (nSPS) is 17.8. The zero-order valence-corrected chi connectivity index (χ0v) is 17.1. The maximum Gasteiger partial charge on any atom is 0.285 e. The molecule has 1 heterocycles. The molecule has 164 valence electrons. The molecule has 2 atom stereocenters. The van der Waals surface area contributed by atoms with Gasteiger partial charge in [-0.15, -0.1) is 4.36 Å². The third-order valence-electron chi connectivity index (χ3n) is 4.36. The summed E-state index contributed by atoms with van der Waals surface area (Å²) in [6.07, 6.45) is -0.209. The lowest BCUT2D eigenvalue weighted by atomic mass is 10.1. The summed E-state index contributed by atoms with van der Waals surface area (Å²) in [5, 5.41) is 13.9. The number of halogens is 3. The molecule has 31 heavy (non-hydrogen) atoms. The maximum absolute atomic E-state index is 15.4. The zero-order chi connectivity index (χ0) is 23.0. The second kappa shape index (κ2) is 8.10. The quantitative estimate of drug-likeness (QED) is 0.492. The second-order valence-electron chi connectivity index (χ2n) is 7.23. The van der Waals surface area contributed by atoms with E-state index in [4.69, 9.17) is 4.84 Å². The molecule has 0 aromatic heterocycles. The number of hydrogen-bond donors (Lipinski definition) is 0. The Morgan fingerprint density at radius 3 is 2.29 bits per heavy atom. The number of hydrogen-bond acceptors (Lipinski definition) is 6. The first-order valence-corrected chi connectivity index (χ1v) is 10.4. The standard InChI is InChI=1S/C19H16F3N3O5S/c1-19(2)10-15(23-30-19)31(29,17(22)16-13(20)4-3-5-14(16)21)24-18(26)11-6-8-12(9-7-11)25(27)28/h3-9,17H,10H2,1-2H3. The van der Waals surface area contributed by atoms with E-state index in [-0.39, 0.29) is 17.7 Å². The van der Waals surface area contributed by atoms with Gasteiger partial charge in [-0.3, -0.25) is 14.9 Å². The molecule has 2 aromatic rings. The molecule has 0 spiro atoms. The average Bonchev–Trinajstić information content (AvgIpc) is 3.08. The molecular formula is C19H16F3N3O5S. The van der Waals surface area contributed by atoms with Crippen LogP contribution in [0.3, 0.4) is 0 Å². The largest absolute Gasteiger partial charge is 0.389 e. The molecule has 1 aliphatic heterocycles. The molecule has 0 saturated carbocycles. The Balaban J connectivity index is 2.13. The van der Waals surface area contributed by atoms with Crippen molar-refractivity contribution < 1.29 is 31.9 Å². The van der Waals surface area contributed by atoms with Gasteiger partial charge < -0.3 is 4.84 Å². The Morgan fingerprint density at radius 1 is 1.23 bits per heavy atom. The van der Waals surface area contributed by atoms with E-state index in [0.717, 1.165) is 42.5 Å². The lowest BCUT2D eigenvalue weighted by molar-refractivity contribution is -0.384. The molecular weight excluding hydrogens is 439 g/mol. The van der Waals surface area contributed by atoms with Gasteiger partial charge in [-0.2, -0.15) is 0 Å². The van der Waals surface area contributed by atoms with E-state index in [1.54, 1.807) is 13.8 Å². The van der Waals surface area contributed by atoms with E-state index >= 15 is 4.39 Å². The maximum atomic E-state index is 15.4. The Hall–Kier alpha value is -3.28. The molecule has 0 N–H and O–H groups in total. The van der Waals surface area contributed by atoms with Crippen LogP contribution < -0.4 is 0 Å². The lowest BCUT2D eigenvalue weighted by Gasteiger charge is -2.17. The Morgan fingerprint density at radius 2 is 1.81 bits per heavy atom. The van der Waals surface area contributed by atoms with Crippen LogP contribution in [0.1, 0.15) is 41.7 Å². The second-order valence-corrected chi connectivity index (χ2v) is 9.44. The summed E-state index contributed by atoms with van der Waals surface area (Å²) in [6.45, 7) is 3.11. The summed E-state index contributed by atoms with van der Waals surface area (Å²) in [6, 6.07) is 6.65. The van der Waals surface area contributed by atoms with E-state index in [9.17, 15) is 27.9 Å². The molecule has 2 unspecified atom stereocenters. The number of carbonyl (C=O) groups excluding carboxylic acids is 1. The van der Waals surface area contributed by atoms with Crippen molar-refractivity contribution in [3.8, 4) is 0 Å². The van der Waals surface area contributed by atoms with Gasteiger partial charge in [0, 0.05) is 24.1 Å². The minimum atomic E-state index is -4.47. The molecule has 0 saturated heterocycles. The predicted molar refractivity (Wildman–Crippen MR) is 105 cm³/mol. The number of benzene rings is 2. The fourth-order valence-corrected chi connectivity index (χ4v) is 4.80. The first-order chi connectivity index (χ1) is 14.4. The van der Waals surface area contributed by atoms with Gasteiger partial charge in [0.2, 0.25) is 5.50 Å². The van der Waals surface area contributed by atoms with E-state index in [1.807, 2.05) is 0 Å². The third-order valence-corrected chi connectivity index (χ3v) is 6.49. The van der Waals surface area contributed by atoms with Crippen molar-refractivity contribution in [3.63, 3.8) is 0 Å². The van der Waals surface area contributed by atoms with Crippen LogP contribution in [0.4, 0.5) is 18.9 Å². The molecule has 2 aromatic carbocycles. The van der Waals surface area contributed by atoms with Crippen LogP contribution in [0.5, 0.6) is 0 Å². The first kappa shape index (κ1) is 22.4. The van der Waals surface area contributed by atoms with Gasteiger partial charge in [-0.1, -0.05) is 11.2 Å². The number of nitro groups is 1. The van der Waals surface area contributed by atoms with Crippen molar-refractivity contribution in [3.05, 3.63) is 75.3 Å². The fourth-order valence-electron chi connectivity index (χ4n) is 2.77. The van der Waals surface area contributed by atoms with Crippen molar-refractivity contribution in [2.45, 2.75) is 31.4 Å². The van der Waals surface area contributed by atoms with Crippen molar-refractivity contribution in [2.24, 2.45) is 9.52 Å². The molecule has 1 aliphatic rings. The molecule has 0 fully saturated rings. The van der Waals surface area contributed by atoms with Gasteiger partial charge in [0.25, 0.3) is 11.6 Å². The first-order valence-electron chi connectivity index (χ1n) is 8.82. The van der Waals surface area contributed by atoms with E-state index in [1.165, 1.54) is 0 Å². The monoisotopic (exact) mass is 455 g/mol. The number of nitrogens with zero attached hydrogens (tertiary/aromatic N) is 3. The van der Waals surface area contributed by atoms with Crippen molar-refractivity contribution in [1.29, 1.82) is 0 Å². The average molecular weight is 455 g/mol. The highest BCUT2D eigenvalue weighted by molar-refractivity contribution is 8.08. The van der Waals surface area contributed by atoms with Crippen molar-refractivity contribution in [2.75, 3.05) is 0 Å². The van der Waals surface area contributed by atoms with Gasteiger partial charge in [-0.05, 0) is 38.1 Å². The van der Waals surface area contributed by atoms with Gasteiger partial charge in [0.05, 0.1) is 10.5 Å². The summed E-state index contributed by atoms with van der Waals surface area (Å²) in [5.74, 6) is -3.82. The van der Waals surface area contributed by atoms with E-state index in [2.05, 4.69) is 9.52 Å². The van der Waals surface area contributed by atoms with Crippen molar-refractivity contribution >= 4 is 26.4 Å². The Bertz CT molecular complexity index is 1180. The van der Waals surface area contributed by atoms with Crippen LogP contribution in [-0.2, 0) is 14.6 Å². The van der Waals surface area contributed by atoms with Crippen LogP contribution in [-0.4, -0.2) is 25.7 Å². The van der Waals surface area contributed by atoms with Crippen LogP contribution in [0.15, 0.2) is 52.0 Å². The van der Waals surface area contributed by atoms with Crippen LogP contribution >= 0.6 is 0 Å². The minimum absolute atomic E-state index is 0.209. The fraction of sp³-hybridized carbons (Fsp3) is 0.263. The predicted octanol–water partition coefficient (Wildman–Crippen LogP) is 4.66. The zero-order valence-electron chi connectivity index (χ0n) is 16.3. The number of amides is 1. The Kier molecular flexibility index (Phi) is 5.85. The Labute approximate surface area is 175 Å². The van der Waals surface area contributed by atoms with E-state index < -0.39 is 53.9 Å². The highest BCUT2D eigenvalue weighted by Gasteiger charge is 2.42. The number of nitro benzene ring substituents is 1. The SMILES string of the molecule is CC1(C)CC(S(=O)(=NC(=O)c2ccc([N+](=O)[O-])cc2)C(F)c2c(F)cccc2F)=NO1. The van der Waals surface area contributed by atoms with Crippen LogP contribution in [0.25, 0.3) is 0 Å². The number of alkyl halides is 1. The van der Waals surface area contributed by atoms with Gasteiger partial charge in [0.1, 0.15) is 27.0 Å². The molecule has 3 rings (SSSR count). The number of non-ortho nitro benzene ring substituents is 1. The summed E-state index contributed by atoms with van der Waals surface area (Å²) in [5.41, 5.74) is -5.58. The smallest absolute Gasteiger partial charge is 0.285 e. The molecule has 0 radical (unpaired) electrons. The summed E-state index contributed by atoms with van der Waals surface area (Å²) < 4.78 is 60.9. The summed E-state index contributed by atoms with van der Waals surface area (Å²) in [4.78, 5) is 27.7. The lowest BCUT2D eigenvalue weighted by Crippen LogP contribution is -2.26. The van der Waals surface area contributed by atoms with Gasteiger partial charge in [0.15, 0.2) is 5.04 Å². The third kappa shape index (κ3) is 4.43. The topological polar surface area (TPSA) is 111 Å². The molecule has 8 nitrogen and oxygen atoms in total. The highest BCUT2D eigenvalue weighted by atomic mass is 32.2. The number of carbonyl (C=O) groups is 1. The number of oxime groups is 1. The van der Waals surface area contributed by atoms with Crippen LogP contribution in [0, 0.1) is 21.7 Å². The van der Waals surface area contributed by atoms with E-state index in [0.29, 0.717) is 0 Å². The number of rotatable bonds is 4. The summed E-state index contributed by atoms with van der Waals surface area (Å²) >= 11 is 0. The molecule has 1 amide bonds. The molecule has 0 aliphatic carbocycles. The van der Waals surface area contributed by atoms with Crippen LogP contribution in [0.2, 0.25) is 0 Å². The van der Waals surface area contributed by atoms with Gasteiger partial charge >= 0.3 is 0 Å². The molecule has 0 bridgehead atoms. The summed E-state index contributed by atoms with van der Waals surface area (Å²) in [7, 11) is -4.47. The highest BCUT2D eigenvalue weighted by Crippen LogP contribution is 2.36. The van der Waals surface area contributed by atoms with Crippen molar-refractivity contribution in [1.82, 2.24) is 0 Å². The molecule has 12 heteroatoms. The van der Waals surface area contributed by atoms with Gasteiger partial charge in [-0.25, -0.2) is 17.4 Å². The minimum Gasteiger partial charge on any atom is -0.389 e.